The van der Waals surface area contributed by atoms with Gasteiger partial charge in [-0.3, -0.25) is 4.79 Å². The van der Waals surface area contributed by atoms with Crippen molar-refractivity contribution in [1.82, 2.24) is 10.1 Å². The smallest absolute Gasteiger partial charge is 0.314 e. The molecule has 0 fully saturated rings. The van der Waals surface area contributed by atoms with Gasteiger partial charge in [0.2, 0.25) is 5.82 Å². The number of benzene rings is 2. The van der Waals surface area contributed by atoms with Crippen molar-refractivity contribution in [2.24, 2.45) is 0 Å². The van der Waals surface area contributed by atoms with Gasteiger partial charge in [0.25, 0.3) is 5.22 Å². The maximum absolute atomic E-state index is 13.8. The first kappa shape index (κ1) is 13.6. The van der Waals surface area contributed by atoms with Crippen LogP contribution in [0.1, 0.15) is 0 Å². The molecule has 0 unspecified atom stereocenters. The second-order valence-electron chi connectivity index (χ2n) is 4.21. The van der Waals surface area contributed by atoms with Gasteiger partial charge in [0, 0.05) is 10.9 Å². The third-order valence-electron chi connectivity index (χ3n) is 2.84. The summed E-state index contributed by atoms with van der Waals surface area (Å²) >= 11 is 0.939. The van der Waals surface area contributed by atoms with Gasteiger partial charge in [-0.25, -0.2) is 4.39 Å². The highest BCUT2D eigenvalue weighted by molar-refractivity contribution is 7.99. The number of carboxylic acid groups (broad SMARTS) is 1. The molecule has 21 heavy (non-hydrogen) atoms. The molecule has 0 amide bonds. The minimum Gasteiger partial charge on any atom is -0.481 e. The van der Waals surface area contributed by atoms with Crippen LogP contribution in [0.25, 0.3) is 22.2 Å². The Balaban J connectivity index is 2.01. The minimum absolute atomic E-state index is 0.161. The van der Waals surface area contributed by atoms with Crippen LogP contribution in [-0.2, 0) is 4.79 Å². The van der Waals surface area contributed by atoms with Crippen molar-refractivity contribution in [3.63, 3.8) is 0 Å². The molecule has 0 aliphatic rings. The number of fused-ring (bicyclic) bond motifs is 1. The van der Waals surface area contributed by atoms with Gasteiger partial charge in [-0.1, -0.05) is 41.2 Å². The molecular formula is C14H9FN2O3S. The van der Waals surface area contributed by atoms with Crippen molar-refractivity contribution < 1.29 is 18.8 Å². The number of carboxylic acids is 1. The number of aromatic nitrogens is 2. The second-order valence-corrected chi connectivity index (χ2v) is 5.13. The van der Waals surface area contributed by atoms with Crippen molar-refractivity contribution in [1.29, 1.82) is 0 Å². The van der Waals surface area contributed by atoms with Crippen LogP contribution >= 0.6 is 11.8 Å². The standard InChI is InChI=1S/C14H9FN2O3S/c15-11-6-5-10(8-3-1-2-4-9(8)11)13-16-14(20-17-13)21-7-12(18)19/h1-6H,7H2,(H,18,19). The zero-order valence-electron chi connectivity index (χ0n) is 10.6. The predicted molar refractivity (Wildman–Crippen MR) is 75.6 cm³/mol. The Morgan fingerprint density at radius 2 is 2.00 bits per heavy atom. The number of nitrogens with zero attached hydrogens (tertiary/aromatic N) is 2. The molecule has 0 radical (unpaired) electrons. The van der Waals surface area contributed by atoms with Gasteiger partial charge in [-0.15, -0.1) is 0 Å². The fourth-order valence-corrected chi connectivity index (χ4v) is 2.45. The van der Waals surface area contributed by atoms with Crippen LogP contribution in [0.15, 0.2) is 46.1 Å². The van der Waals surface area contributed by atoms with Gasteiger partial charge in [-0.05, 0) is 17.5 Å². The summed E-state index contributed by atoms with van der Waals surface area (Å²) in [6, 6.07) is 9.92. The molecule has 1 heterocycles. The predicted octanol–water partition coefficient (Wildman–Crippen LogP) is 3.21. The molecule has 2 aromatic carbocycles. The van der Waals surface area contributed by atoms with Crippen LogP contribution in [0.5, 0.6) is 0 Å². The third-order valence-corrected chi connectivity index (χ3v) is 3.64. The van der Waals surface area contributed by atoms with E-state index < -0.39 is 5.97 Å². The molecule has 0 aliphatic carbocycles. The Bertz CT molecular complexity index is 819. The molecule has 0 atom stereocenters. The number of hydrogen-bond donors (Lipinski definition) is 1. The van der Waals surface area contributed by atoms with Crippen molar-refractivity contribution >= 4 is 28.5 Å². The normalized spacial score (nSPS) is 10.9. The van der Waals surface area contributed by atoms with E-state index in [4.69, 9.17) is 9.63 Å². The van der Waals surface area contributed by atoms with Crippen LogP contribution < -0.4 is 0 Å². The lowest BCUT2D eigenvalue weighted by molar-refractivity contribution is -0.133. The summed E-state index contributed by atoms with van der Waals surface area (Å²) in [5, 5.41) is 13.8. The van der Waals surface area contributed by atoms with Crippen molar-refractivity contribution in [3.8, 4) is 11.4 Å². The Hall–Kier alpha value is -2.41. The molecular weight excluding hydrogens is 295 g/mol. The average molecular weight is 304 g/mol. The topological polar surface area (TPSA) is 76.2 Å². The number of carbonyl (C=O) groups is 1. The van der Waals surface area contributed by atoms with Crippen LogP contribution in [0.3, 0.4) is 0 Å². The van der Waals surface area contributed by atoms with Crippen molar-refractivity contribution in [2.75, 3.05) is 5.75 Å². The highest BCUT2D eigenvalue weighted by atomic mass is 32.2. The Morgan fingerprint density at radius 3 is 2.76 bits per heavy atom. The summed E-state index contributed by atoms with van der Waals surface area (Å²) in [6.07, 6.45) is 0. The summed E-state index contributed by atoms with van der Waals surface area (Å²) < 4.78 is 18.8. The maximum atomic E-state index is 13.8. The van der Waals surface area contributed by atoms with Gasteiger partial charge in [-0.2, -0.15) is 4.98 Å². The average Bonchev–Trinajstić information content (AvgIpc) is 2.94. The Labute approximate surface area is 122 Å². The lowest BCUT2D eigenvalue weighted by Gasteiger charge is -2.03. The van der Waals surface area contributed by atoms with E-state index in [1.807, 2.05) is 0 Å². The number of hydrogen-bond acceptors (Lipinski definition) is 5. The summed E-state index contributed by atoms with van der Waals surface area (Å²) in [6.45, 7) is 0. The van der Waals surface area contributed by atoms with E-state index in [1.165, 1.54) is 6.07 Å². The monoisotopic (exact) mass is 304 g/mol. The fourth-order valence-electron chi connectivity index (χ4n) is 1.96. The number of thioether (sulfide) groups is 1. The molecule has 0 saturated heterocycles. The second kappa shape index (κ2) is 5.53. The van der Waals surface area contributed by atoms with E-state index in [9.17, 15) is 9.18 Å². The number of aliphatic carboxylic acids is 1. The van der Waals surface area contributed by atoms with Crippen molar-refractivity contribution in [3.05, 3.63) is 42.2 Å². The van der Waals surface area contributed by atoms with E-state index in [2.05, 4.69) is 10.1 Å². The molecule has 106 valence electrons. The molecule has 5 nitrogen and oxygen atoms in total. The van der Waals surface area contributed by atoms with E-state index in [-0.39, 0.29) is 16.8 Å². The number of halogens is 1. The molecule has 1 aromatic heterocycles. The quantitative estimate of drug-likeness (QED) is 0.746. The Kier molecular flexibility index (Phi) is 3.57. The first-order valence-electron chi connectivity index (χ1n) is 6.01. The highest BCUT2D eigenvalue weighted by Gasteiger charge is 2.14. The largest absolute Gasteiger partial charge is 0.481 e. The first-order chi connectivity index (χ1) is 10.1. The Morgan fingerprint density at radius 1 is 1.24 bits per heavy atom. The SMILES string of the molecule is O=C(O)CSc1nc(-c2ccc(F)c3ccccc23)no1. The van der Waals surface area contributed by atoms with Gasteiger partial charge < -0.3 is 9.63 Å². The zero-order chi connectivity index (χ0) is 14.8. The summed E-state index contributed by atoms with van der Waals surface area (Å²) in [7, 11) is 0. The maximum Gasteiger partial charge on any atom is 0.314 e. The van der Waals surface area contributed by atoms with Gasteiger partial charge in [0.1, 0.15) is 11.6 Å². The van der Waals surface area contributed by atoms with Gasteiger partial charge in [0.05, 0.1) is 0 Å². The highest BCUT2D eigenvalue weighted by Crippen LogP contribution is 2.29. The van der Waals surface area contributed by atoms with Crippen molar-refractivity contribution in [2.45, 2.75) is 5.22 Å². The van der Waals surface area contributed by atoms with Crippen LogP contribution in [0.2, 0.25) is 0 Å². The van der Waals surface area contributed by atoms with Gasteiger partial charge in [0.15, 0.2) is 0 Å². The van der Waals surface area contributed by atoms with Gasteiger partial charge >= 0.3 is 5.97 Å². The van der Waals surface area contributed by atoms with E-state index >= 15 is 0 Å². The van der Waals surface area contributed by atoms with E-state index in [1.54, 1.807) is 30.3 Å². The molecule has 3 rings (SSSR count). The van der Waals surface area contributed by atoms with Crippen LogP contribution in [0.4, 0.5) is 4.39 Å². The molecule has 1 N–H and O–H groups in total. The summed E-state index contributed by atoms with van der Waals surface area (Å²) in [4.78, 5) is 14.6. The molecule has 0 aliphatic heterocycles. The zero-order valence-corrected chi connectivity index (χ0v) is 11.4. The fraction of sp³-hybridized carbons (Fsp3) is 0.0714. The lowest BCUT2D eigenvalue weighted by Crippen LogP contribution is -1.97. The summed E-state index contributed by atoms with van der Waals surface area (Å²) in [5.41, 5.74) is 0.637. The molecule has 0 saturated carbocycles. The minimum atomic E-state index is -0.966. The molecule has 7 heteroatoms. The lowest BCUT2D eigenvalue weighted by atomic mass is 10.0. The third kappa shape index (κ3) is 2.73. The van der Waals surface area contributed by atoms with Crippen LogP contribution in [-0.4, -0.2) is 27.0 Å². The molecule has 3 aromatic rings. The van der Waals surface area contributed by atoms with E-state index in [0.29, 0.717) is 22.2 Å². The first-order valence-corrected chi connectivity index (χ1v) is 6.99. The number of rotatable bonds is 4. The van der Waals surface area contributed by atoms with Crippen LogP contribution in [0, 0.1) is 5.82 Å². The summed E-state index contributed by atoms with van der Waals surface area (Å²) in [5.74, 6) is -1.14. The molecule has 0 spiro atoms. The molecule has 0 bridgehead atoms. The van der Waals surface area contributed by atoms with E-state index in [0.717, 1.165) is 11.8 Å².